The summed E-state index contributed by atoms with van der Waals surface area (Å²) >= 11 is 6.04. The van der Waals surface area contributed by atoms with E-state index in [2.05, 4.69) is 11.9 Å². The van der Waals surface area contributed by atoms with E-state index >= 15 is 0 Å². The first kappa shape index (κ1) is 15.8. The summed E-state index contributed by atoms with van der Waals surface area (Å²) in [6.07, 6.45) is 1.73. The molecule has 1 aliphatic rings. The summed E-state index contributed by atoms with van der Waals surface area (Å²) in [5.74, 6) is 0. The van der Waals surface area contributed by atoms with E-state index in [0.717, 1.165) is 31.5 Å². The van der Waals surface area contributed by atoms with E-state index in [0.29, 0.717) is 5.02 Å². The van der Waals surface area contributed by atoms with Crippen molar-refractivity contribution in [1.82, 2.24) is 9.21 Å². The van der Waals surface area contributed by atoms with Gasteiger partial charge < -0.3 is 4.90 Å². The molecule has 1 fully saturated rings. The molecule has 6 heteroatoms. The maximum Gasteiger partial charge on any atom is 0.243 e. The van der Waals surface area contributed by atoms with Gasteiger partial charge in [-0.1, -0.05) is 17.7 Å². The van der Waals surface area contributed by atoms with Crippen molar-refractivity contribution in [3.05, 3.63) is 28.8 Å². The molecule has 0 saturated carbocycles. The lowest BCUT2D eigenvalue weighted by molar-refractivity contribution is 0.197. The van der Waals surface area contributed by atoms with Gasteiger partial charge in [0.05, 0.1) is 4.90 Å². The molecule has 0 aliphatic carbocycles. The van der Waals surface area contributed by atoms with Gasteiger partial charge in [0.2, 0.25) is 10.0 Å². The Morgan fingerprint density at radius 2 is 1.90 bits per heavy atom. The molecular formula is C14H21ClN2O2S. The fourth-order valence-corrected chi connectivity index (χ4v) is 4.14. The molecule has 1 aliphatic heterocycles. The highest BCUT2D eigenvalue weighted by molar-refractivity contribution is 7.89. The predicted octanol–water partition coefficient (Wildman–Crippen LogP) is 2.36. The Labute approximate surface area is 126 Å². The minimum absolute atomic E-state index is 0.0660. The molecule has 112 valence electrons. The topological polar surface area (TPSA) is 40.6 Å². The second-order valence-corrected chi connectivity index (χ2v) is 7.87. The Morgan fingerprint density at radius 3 is 2.45 bits per heavy atom. The lowest BCUT2D eigenvalue weighted by atomic mass is 10.1. The van der Waals surface area contributed by atoms with Gasteiger partial charge in [0.1, 0.15) is 0 Å². The van der Waals surface area contributed by atoms with Gasteiger partial charge in [-0.3, -0.25) is 0 Å². The van der Waals surface area contributed by atoms with E-state index in [4.69, 9.17) is 11.6 Å². The van der Waals surface area contributed by atoms with Crippen molar-refractivity contribution in [2.75, 3.05) is 27.2 Å². The Balaban J connectivity index is 2.23. The number of rotatable bonds is 3. The molecule has 2 rings (SSSR count). The van der Waals surface area contributed by atoms with Crippen LogP contribution in [-0.4, -0.2) is 50.8 Å². The molecule has 20 heavy (non-hydrogen) atoms. The Hall–Kier alpha value is -0.620. The summed E-state index contributed by atoms with van der Waals surface area (Å²) in [5.41, 5.74) is 0.882. The Morgan fingerprint density at radius 1 is 1.30 bits per heavy atom. The highest BCUT2D eigenvalue weighted by Crippen LogP contribution is 2.25. The fraction of sp³-hybridized carbons (Fsp3) is 0.571. The molecule has 1 aromatic rings. The van der Waals surface area contributed by atoms with Crippen molar-refractivity contribution in [3.8, 4) is 0 Å². The number of nitrogens with zero attached hydrogens (tertiary/aromatic N) is 2. The number of aryl methyl sites for hydroxylation is 1. The standard InChI is InChI=1S/C14H21ClN2O2S/c1-11-4-5-13(10-14(11)15)20(18,19)17(3)12-6-8-16(2)9-7-12/h4-5,10,12H,6-9H2,1-3H3. The monoisotopic (exact) mass is 316 g/mol. The third-order valence-electron chi connectivity index (χ3n) is 4.02. The zero-order chi connectivity index (χ0) is 14.9. The number of halogens is 1. The van der Waals surface area contributed by atoms with Gasteiger partial charge >= 0.3 is 0 Å². The van der Waals surface area contributed by atoms with Crippen LogP contribution >= 0.6 is 11.6 Å². The summed E-state index contributed by atoms with van der Waals surface area (Å²) in [6, 6.07) is 4.98. The third kappa shape index (κ3) is 3.17. The molecule has 0 N–H and O–H groups in total. The van der Waals surface area contributed by atoms with Crippen LogP contribution in [0.5, 0.6) is 0 Å². The maximum absolute atomic E-state index is 12.6. The van der Waals surface area contributed by atoms with Crippen molar-refractivity contribution in [3.63, 3.8) is 0 Å². The summed E-state index contributed by atoms with van der Waals surface area (Å²) in [6.45, 7) is 3.72. The molecule has 0 unspecified atom stereocenters. The number of piperidine rings is 1. The lowest BCUT2D eigenvalue weighted by Crippen LogP contribution is -2.44. The summed E-state index contributed by atoms with van der Waals surface area (Å²) < 4.78 is 26.8. The van der Waals surface area contributed by atoms with E-state index in [1.54, 1.807) is 19.2 Å². The first-order chi connectivity index (χ1) is 9.32. The first-order valence-corrected chi connectivity index (χ1v) is 8.57. The van der Waals surface area contributed by atoms with Crippen LogP contribution in [0.4, 0.5) is 0 Å². The summed E-state index contributed by atoms with van der Waals surface area (Å²) in [4.78, 5) is 2.49. The summed E-state index contributed by atoms with van der Waals surface area (Å²) in [7, 11) is 0.261. The largest absolute Gasteiger partial charge is 0.306 e. The van der Waals surface area contributed by atoms with Gasteiger partial charge in [-0.05, 0) is 57.6 Å². The van der Waals surface area contributed by atoms with Crippen LogP contribution in [-0.2, 0) is 10.0 Å². The van der Waals surface area contributed by atoms with Crippen molar-refractivity contribution in [1.29, 1.82) is 0 Å². The SMILES string of the molecule is Cc1ccc(S(=O)(=O)N(C)C2CCN(C)CC2)cc1Cl. The number of hydrogen-bond acceptors (Lipinski definition) is 3. The number of sulfonamides is 1. The van der Waals surface area contributed by atoms with E-state index in [1.165, 1.54) is 10.4 Å². The first-order valence-electron chi connectivity index (χ1n) is 6.75. The highest BCUT2D eigenvalue weighted by atomic mass is 35.5. The van der Waals surface area contributed by atoms with Crippen molar-refractivity contribution < 1.29 is 8.42 Å². The molecular weight excluding hydrogens is 296 g/mol. The average molecular weight is 317 g/mol. The minimum atomic E-state index is -3.46. The van der Waals surface area contributed by atoms with Gasteiger partial charge in [-0.15, -0.1) is 0 Å². The molecule has 0 bridgehead atoms. The average Bonchev–Trinajstić information content (AvgIpc) is 2.41. The molecule has 0 spiro atoms. The molecule has 4 nitrogen and oxygen atoms in total. The van der Waals surface area contributed by atoms with Crippen LogP contribution in [0.15, 0.2) is 23.1 Å². The van der Waals surface area contributed by atoms with Crippen molar-refractivity contribution in [2.24, 2.45) is 0 Å². The second kappa shape index (κ2) is 6.02. The van der Waals surface area contributed by atoms with Crippen LogP contribution in [0, 0.1) is 6.92 Å². The summed E-state index contributed by atoms with van der Waals surface area (Å²) in [5, 5.41) is 0.489. The molecule has 0 atom stereocenters. The van der Waals surface area contributed by atoms with Gasteiger partial charge in [0, 0.05) is 18.1 Å². The van der Waals surface area contributed by atoms with E-state index in [9.17, 15) is 8.42 Å². The number of likely N-dealkylation sites (tertiary alicyclic amines) is 1. The maximum atomic E-state index is 12.6. The van der Waals surface area contributed by atoms with Gasteiger partial charge in [-0.25, -0.2) is 8.42 Å². The van der Waals surface area contributed by atoms with Crippen LogP contribution < -0.4 is 0 Å². The molecule has 1 aromatic carbocycles. The van der Waals surface area contributed by atoms with Crippen LogP contribution in [0.2, 0.25) is 5.02 Å². The minimum Gasteiger partial charge on any atom is -0.306 e. The van der Waals surface area contributed by atoms with Crippen LogP contribution in [0.25, 0.3) is 0 Å². The third-order valence-corrected chi connectivity index (χ3v) is 6.34. The van der Waals surface area contributed by atoms with Crippen molar-refractivity contribution in [2.45, 2.75) is 30.7 Å². The van der Waals surface area contributed by atoms with Gasteiger partial charge in [0.15, 0.2) is 0 Å². The molecule has 1 heterocycles. The quantitative estimate of drug-likeness (QED) is 0.859. The van der Waals surface area contributed by atoms with Gasteiger partial charge in [0.25, 0.3) is 0 Å². The lowest BCUT2D eigenvalue weighted by Gasteiger charge is -2.34. The van der Waals surface area contributed by atoms with E-state index < -0.39 is 10.0 Å². The van der Waals surface area contributed by atoms with E-state index in [1.807, 2.05) is 6.92 Å². The fourth-order valence-electron chi connectivity index (χ4n) is 2.46. The normalized spacial score (nSPS) is 18.6. The predicted molar refractivity (Wildman–Crippen MR) is 81.7 cm³/mol. The molecule has 1 saturated heterocycles. The highest BCUT2D eigenvalue weighted by Gasteiger charge is 2.30. The molecule has 0 radical (unpaired) electrons. The van der Waals surface area contributed by atoms with Crippen LogP contribution in [0.1, 0.15) is 18.4 Å². The van der Waals surface area contributed by atoms with E-state index in [-0.39, 0.29) is 10.9 Å². The molecule has 0 amide bonds. The van der Waals surface area contributed by atoms with Gasteiger partial charge in [-0.2, -0.15) is 4.31 Å². The molecule has 0 aromatic heterocycles. The zero-order valence-electron chi connectivity index (χ0n) is 12.1. The Bertz CT molecular complexity index is 581. The number of hydrogen-bond donors (Lipinski definition) is 0. The van der Waals surface area contributed by atoms with Crippen molar-refractivity contribution >= 4 is 21.6 Å². The zero-order valence-corrected chi connectivity index (χ0v) is 13.7. The van der Waals surface area contributed by atoms with Crippen LogP contribution in [0.3, 0.4) is 0 Å². The smallest absolute Gasteiger partial charge is 0.243 e. The second-order valence-electron chi connectivity index (χ2n) is 5.47. The Kier molecular flexibility index (Phi) is 4.74. The number of benzene rings is 1.